The molecule has 120 valence electrons. The molecule has 2 rings (SSSR count). The van der Waals surface area contributed by atoms with Crippen molar-refractivity contribution in [3.8, 4) is 0 Å². The maximum Gasteiger partial charge on any atom is 0.324 e. The van der Waals surface area contributed by atoms with Gasteiger partial charge < -0.3 is 5.32 Å². The van der Waals surface area contributed by atoms with Crippen LogP contribution in [0.5, 0.6) is 0 Å². The second kappa shape index (κ2) is 7.36. The molecule has 0 aromatic heterocycles. The second-order valence-electron chi connectivity index (χ2n) is 4.33. The fourth-order valence-electron chi connectivity index (χ4n) is 1.55. The van der Waals surface area contributed by atoms with Crippen LogP contribution >= 0.6 is 15.9 Å². The molecule has 2 aromatic carbocycles. The molecule has 23 heavy (non-hydrogen) atoms. The van der Waals surface area contributed by atoms with Gasteiger partial charge in [-0.25, -0.2) is 8.42 Å². The summed E-state index contributed by atoms with van der Waals surface area (Å²) in [5.41, 5.74) is 2.28. The van der Waals surface area contributed by atoms with Crippen LogP contribution in [0.4, 0.5) is 5.69 Å². The number of amides is 2. The van der Waals surface area contributed by atoms with Crippen molar-refractivity contribution in [1.82, 2.24) is 10.3 Å². The molecule has 0 radical (unpaired) electrons. The van der Waals surface area contributed by atoms with Crippen molar-refractivity contribution in [2.75, 3.05) is 5.32 Å². The monoisotopic (exact) mass is 397 g/mol. The molecular formula is C14H12BrN3O4S. The first kappa shape index (κ1) is 17.1. The highest BCUT2D eigenvalue weighted by Crippen LogP contribution is 2.14. The first-order valence-electron chi connectivity index (χ1n) is 6.32. The summed E-state index contributed by atoms with van der Waals surface area (Å²) in [5, 5.41) is 2.33. The van der Waals surface area contributed by atoms with Crippen molar-refractivity contribution in [1.29, 1.82) is 0 Å². The maximum absolute atomic E-state index is 12.0. The van der Waals surface area contributed by atoms with Gasteiger partial charge in [0.15, 0.2) is 0 Å². The predicted octanol–water partition coefficient (Wildman–Crippen LogP) is 1.40. The first-order chi connectivity index (χ1) is 10.9. The summed E-state index contributed by atoms with van der Waals surface area (Å²) in [6, 6.07) is 14.1. The number of carbonyl (C=O) groups is 2. The van der Waals surface area contributed by atoms with Gasteiger partial charge in [0.25, 0.3) is 10.0 Å². The molecule has 0 heterocycles. The molecule has 0 unspecified atom stereocenters. The average Bonchev–Trinajstić information content (AvgIpc) is 2.54. The van der Waals surface area contributed by atoms with Crippen molar-refractivity contribution < 1.29 is 18.0 Å². The Morgan fingerprint density at radius 3 is 2.09 bits per heavy atom. The Bertz CT molecular complexity index is 808. The Morgan fingerprint density at radius 1 is 0.870 bits per heavy atom. The summed E-state index contributed by atoms with van der Waals surface area (Å²) in [6.07, 6.45) is 0. The standard InChI is InChI=1S/C14H12BrN3O4S/c15-10-6-8-12(9-7-10)23(21,22)18-17-14(20)13(19)16-11-4-2-1-3-5-11/h1-9,18H,(H,16,19)(H,17,20). The highest BCUT2D eigenvalue weighted by Gasteiger charge is 2.18. The van der Waals surface area contributed by atoms with Crippen molar-refractivity contribution >= 4 is 43.5 Å². The summed E-state index contributed by atoms with van der Waals surface area (Å²) < 4.78 is 24.6. The number of nitrogens with one attached hydrogen (secondary N) is 3. The smallest absolute Gasteiger partial charge is 0.318 e. The van der Waals surface area contributed by atoms with E-state index in [4.69, 9.17) is 0 Å². The van der Waals surface area contributed by atoms with E-state index in [2.05, 4.69) is 21.2 Å². The number of halogens is 1. The Morgan fingerprint density at radius 2 is 1.48 bits per heavy atom. The molecule has 2 amide bonds. The van der Waals surface area contributed by atoms with Crippen LogP contribution < -0.4 is 15.6 Å². The average molecular weight is 398 g/mol. The van der Waals surface area contributed by atoms with Crippen LogP contribution in [0.2, 0.25) is 0 Å². The van der Waals surface area contributed by atoms with E-state index in [1.165, 1.54) is 12.1 Å². The summed E-state index contributed by atoms with van der Waals surface area (Å²) in [6.45, 7) is 0. The van der Waals surface area contributed by atoms with E-state index in [-0.39, 0.29) is 4.90 Å². The lowest BCUT2D eigenvalue weighted by Gasteiger charge is -2.09. The van der Waals surface area contributed by atoms with Crippen molar-refractivity contribution in [3.63, 3.8) is 0 Å². The third kappa shape index (κ3) is 4.88. The van der Waals surface area contributed by atoms with Gasteiger partial charge in [-0.15, -0.1) is 4.83 Å². The SMILES string of the molecule is O=C(NNS(=O)(=O)c1ccc(Br)cc1)C(=O)Nc1ccccc1. The Hall–Kier alpha value is -2.23. The number of hydrazine groups is 1. The van der Waals surface area contributed by atoms with E-state index >= 15 is 0 Å². The normalized spacial score (nSPS) is 10.8. The predicted molar refractivity (Wildman–Crippen MR) is 87.7 cm³/mol. The number of benzene rings is 2. The number of hydrogen-bond donors (Lipinski definition) is 3. The minimum Gasteiger partial charge on any atom is -0.318 e. The lowest BCUT2D eigenvalue weighted by atomic mass is 10.3. The van der Waals surface area contributed by atoms with Crippen molar-refractivity contribution in [3.05, 3.63) is 59.1 Å². The summed E-state index contributed by atoms with van der Waals surface area (Å²) in [4.78, 5) is 25.1. The Balaban J connectivity index is 1.95. The molecule has 0 aliphatic carbocycles. The Labute approximate surface area is 141 Å². The Kier molecular flexibility index (Phi) is 5.48. The van der Waals surface area contributed by atoms with Crippen LogP contribution in [-0.2, 0) is 19.6 Å². The molecule has 7 nitrogen and oxygen atoms in total. The van der Waals surface area contributed by atoms with Gasteiger partial charge in [-0.2, -0.15) is 0 Å². The number of rotatable bonds is 4. The molecular weight excluding hydrogens is 386 g/mol. The maximum atomic E-state index is 12.0. The van der Waals surface area contributed by atoms with E-state index in [1.54, 1.807) is 42.5 Å². The minimum absolute atomic E-state index is 0.0514. The van der Waals surface area contributed by atoms with Crippen LogP contribution in [0.3, 0.4) is 0 Å². The van der Waals surface area contributed by atoms with Gasteiger partial charge in [-0.1, -0.05) is 34.1 Å². The molecule has 0 aliphatic rings. The topological polar surface area (TPSA) is 104 Å². The van der Waals surface area contributed by atoms with E-state index < -0.39 is 21.8 Å². The van der Waals surface area contributed by atoms with E-state index in [0.29, 0.717) is 10.2 Å². The molecule has 0 aliphatic heterocycles. The van der Waals surface area contributed by atoms with E-state index in [1.807, 2.05) is 10.3 Å². The highest BCUT2D eigenvalue weighted by molar-refractivity contribution is 9.10. The number of carbonyl (C=O) groups excluding carboxylic acids is 2. The van der Waals surface area contributed by atoms with Crippen molar-refractivity contribution in [2.24, 2.45) is 0 Å². The van der Waals surface area contributed by atoms with Gasteiger partial charge >= 0.3 is 11.8 Å². The van der Waals surface area contributed by atoms with Crippen molar-refractivity contribution in [2.45, 2.75) is 4.90 Å². The summed E-state index contributed by atoms with van der Waals surface area (Å²) >= 11 is 3.19. The fraction of sp³-hybridized carbons (Fsp3) is 0. The third-order valence-electron chi connectivity index (χ3n) is 2.66. The van der Waals surface area contributed by atoms with E-state index in [0.717, 1.165) is 0 Å². The molecule has 0 atom stereocenters. The number of anilines is 1. The van der Waals surface area contributed by atoms with Crippen LogP contribution in [0.15, 0.2) is 64.0 Å². The number of sulfonamides is 1. The van der Waals surface area contributed by atoms with Gasteiger partial charge in [0.1, 0.15) is 0 Å². The molecule has 0 saturated heterocycles. The van der Waals surface area contributed by atoms with Crippen LogP contribution in [-0.4, -0.2) is 20.2 Å². The molecule has 0 fully saturated rings. The minimum atomic E-state index is -3.96. The number of para-hydroxylation sites is 1. The quantitative estimate of drug-likeness (QED) is 0.535. The summed E-state index contributed by atoms with van der Waals surface area (Å²) in [7, 11) is -3.96. The van der Waals surface area contributed by atoms with Gasteiger partial charge in [0.05, 0.1) is 4.90 Å². The van der Waals surface area contributed by atoms with Gasteiger partial charge in [0, 0.05) is 10.2 Å². The molecule has 2 aromatic rings. The third-order valence-corrected chi connectivity index (χ3v) is 4.45. The second-order valence-corrected chi connectivity index (χ2v) is 6.93. The van der Waals surface area contributed by atoms with E-state index in [9.17, 15) is 18.0 Å². The highest BCUT2D eigenvalue weighted by atomic mass is 79.9. The van der Waals surface area contributed by atoms with Gasteiger partial charge in [-0.3, -0.25) is 15.0 Å². The first-order valence-corrected chi connectivity index (χ1v) is 8.60. The van der Waals surface area contributed by atoms with Crippen LogP contribution in [0.1, 0.15) is 0 Å². The molecule has 9 heteroatoms. The number of hydrogen-bond acceptors (Lipinski definition) is 4. The summed E-state index contributed by atoms with van der Waals surface area (Å²) in [5.74, 6) is -2.12. The van der Waals surface area contributed by atoms with Crippen LogP contribution in [0, 0.1) is 0 Å². The zero-order valence-corrected chi connectivity index (χ0v) is 14.0. The van der Waals surface area contributed by atoms with Gasteiger partial charge in [-0.05, 0) is 36.4 Å². The lowest BCUT2D eigenvalue weighted by Crippen LogP contribution is -2.46. The molecule has 0 saturated carbocycles. The molecule has 0 spiro atoms. The molecule has 0 bridgehead atoms. The largest absolute Gasteiger partial charge is 0.324 e. The fourth-order valence-corrected chi connectivity index (χ4v) is 2.66. The lowest BCUT2D eigenvalue weighted by molar-refractivity contribution is -0.136. The van der Waals surface area contributed by atoms with Gasteiger partial charge in [0.2, 0.25) is 0 Å². The zero-order chi connectivity index (χ0) is 16.9. The zero-order valence-electron chi connectivity index (χ0n) is 11.6. The molecule has 3 N–H and O–H groups in total. The van der Waals surface area contributed by atoms with Crippen LogP contribution in [0.25, 0.3) is 0 Å².